The number of hydrogen-bond acceptors (Lipinski definition) is 16. The van der Waals surface area contributed by atoms with E-state index in [0.29, 0.717) is 0 Å². The van der Waals surface area contributed by atoms with Crippen molar-refractivity contribution in [2.75, 3.05) is 0 Å². The van der Waals surface area contributed by atoms with E-state index < -0.39 is 85.5 Å². The van der Waals surface area contributed by atoms with Crippen molar-refractivity contribution in [1.82, 2.24) is 19.9 Å². The summed E-state index contributed by atoms with van der Waals surface area (Å²) in [6.45, 7) is 5.23. The predicted molar refractivity (Wildman–Crippen MR) is 227 cm³/mol. The summed E-state index contributed by atoms with van der Waals surface area (Å²) < 4.78 is 87.9. The van der Waals surface area contributed by atoms with Gasteiger partial charge < -0.3 is 20.4 Å². The summed E-state index contributed by atoms with van der Waals surface area (Å²) in [6, 6.07) is 18.3. The Labute approximate surface area is 368 Å². The molecule has 4 heterocycles. The average molecular weight is 1000 g/mol. The lowest BCUT2D eigenvalue weighted by Gasteiger charge is -2.16. The molecule has 4 aromatic rings. The van der Waals surface area contributed by atoms with E-state index in [9.17, 15) is 54.1 Å². The molecule has 0 aromatic carbocycles. The standard InChI is InChI=1S/4C8H11ClN2O3S/c4*1-5(15(10,13)14)8(12)6-3-2-4-7(9)11-6/h4*2-5,8,12H,1H3,(H2,10,13,14)/t2*5-,8+;2*5-,8-/m1010/s1. The van der Waals surface area contributed by atoms with Gasteiger partial charge in [-0.05, 0) is 76.2 Å². The molecule has 0 bridgehead atoms. The molecule has 0 saturated heterocycles. The van der Waals surface area contributed by atoms with Gasteiger partial charge in [-0.25, -0.2) is 74.2 Å². The highest BCUT2D eigenvalue weighted by atomic mass is 35.5. The minimum Gasteiger partial charge on any atom is -0.385 e. The Balaban J connectivity index is 0.000000400. The number of aliphatic hydroxyl groups is 4. The van der Waals surface area contributed by atoms with Crippen LogP contribution in [0.25, 0.3) is 0 Å². The van der Waals surface area contributed by atoms with Crippen molar-refractivity contribution in [3.63, 3.8) is 0 Å². The Morgan fingerprint density at radius 3 is 0.650 bits per heavy atom. The molecular formula is C32H44Cl4N8O12S4. The number of rotatable bonds is 12. The van der Waals surface area contributed by atoms with Gasteiger partial charge in [-0.3, -0.25) is 0 Å². The molecular weight excluding hydrogens is 958 g/mol. The third-order valence-electron chi connectivity index (χ3n) is 8.01. The Hall–Kier alpha value is -2.76. The number of aliphatic hydroxyl groups excluding tert-OH is 4. The second-order valence-corrected chi connectivity index (χ2v) is 21.7. The zero-order valence-corrected chi connectivity index (χ0v) is 38.1. The van der Waals surface area contributed by atoms with Crippen LogP contribution >= 0.6 is 46.4 Å². The monoisotopic (exact) mass is 1000 g/mol. The number of nitrogens with zero attached hydrogens (tertiary/aromatic N) is 4. The van der Waals surface area contributed by atoms with Crippen LogP contribution in [0.1, 0.15) is 74.9 Å². The molecule has 0 fully saturated rings. The van der Waals surface area contributed by atoms with Gasteiger partial charge in [-0.1, -0.05) is 70.7 Å². The minimum atomic E-state index is -3.80. The van der Waals surface area contributed by atoms with Gasteiger partial charge in [0.1, 0.15) is 66.0 Å². The molecule has 0 spiro atoms. The van der Waals surface area contributed by atoms with Gasteiger partial charge in [0.2, 0.25) is 40.1 Å². The lowest BCUT2D eigenvalue weighted by Crippen LogP contribution is -2.31. The summed E-state index contributed by atoms with van der Waals surface area (Å²) in [6.07, 6.45) is -5.12. The Bertz CT molecular complexity index is 2140. The van der Waals surface area contributed by atoms with Crippen LogP contribution in [0, 0.1) is 0 Å². The molecule has 60 heavy (non-hydrogen) atoms. The normalized spacial score (nSPS) is 16.0. The first-order chi connectivity index (χ1) is 27.3. The van der Waals surface area contributed by atoms with E-state index in [1.807, 2.05) is 0 Å². The molecule has 28 heteroatoms. The van der Waals surface area contributed by atoms with Crippen LogP contribution in [0.15, 0.2) is 72.8 Å². The van der Waals surface area contributed by atoms with E-state index in [1.165, 1.54) is 76.2 Å². The largest absolute Gasteiger partial charge is 0.385 e. The summed E-state index contributed by atoms with van der Waals surface area (Å²) in [5.74, 6) is 0. The molecule has 0 aliphatic heterocycles. The molecule has 0 saturated carbocycles. The minimum absolute atomic E-state index is 0.184. The summed E-state index contributed by atoms with van der Waals surface area (Å²) in [7, 11) is -15.2. The van der Waals surface area contributed by atoms with Crippen LogP contribution in [0.2, 0.25) is 20.6 Å². The Morgan fingerprint density at radius 2 is 0.533 bits per heavy atom. The maximum Gasteiger partial charge on any atom is 0.214 e. The number of aromatic nitrogens is 4. The van der Waals surface area contributed by atoms with Crippen LogP contribution in [0.3, 0.4) is 0 Å². The van der Waals surface area contributed by atoms with E-state index in [-0.39, 0.29) is 43.4 Å². The topological polar surface area (TPSA) is 373 Å². The first kappa shape index (κ1) is 55.3. The molecule has 20 nitrogen and oxygen atoms in total. The molecule has 0 unspecified atom stereocenters. The van der Waals surface area contributed by atoms with Crippen LogP contribution < -0.4 is 20.6 Å². The van der Waals surface area contributed by atoms with Crippen LogP contribution in [0.5, 0.6) is 0 Å². The summed E-state index contributed by atoms with van der Waals surface area (Å²) >= 11 is 22.4. The van der Waals surface area contributed by atoms with Gasteiger partial charge in [-0.2, -0.15) is 0 Å². The first-order valence-electron chi connectivity index (χ1n) is 16.6. The summed E-state index contributed by atoms with van der Waals surface area (Å²) in [4.78, 5) is 15.2. The average Bonchev–Trinajstić information content (AvgIpc) is 3.14. The molecule has 336 valence electrons. The van der Waals surface area contributed by atoms with E-state index in [2.05, 4.69) is 19.9 Å². The fourth-order valence-electron chi connectivity index (χ4n) is 4.04. The number of sulfonamides is 4. The third-order valence-corrected chi connectivity index (χ3v) is 14.0. The Morgan fingerprint density at radius 1 is 0.383 bits per heavy atom. The third kappa shape index (κ3) is 18.7. The highest BCUT2D eigenvalue weighted by Gasteiger charge is 2.30. The van der Waals surface area contributed by atoms with E-state index in [4.69, 9.17) is 67.0 Å². The highest BCUT2D eigenvalue weighted by Crippen LogP contribution is 2.23. The van der Waals surface area contributed by atoms with Gasteiger partial charge >= 0.3 is 0 Å². The zero-order chi connectivity index (χ0) is 46.6. The fourth-order valence-corrected chi connectivity index (χ4v) is 6.71. The Kier molecular flexibility index (Phi) is 21.8. The van der Waals surface area contributed by atoms with Crippen molar-refractivity contribution in [2.24, 2.45) is 20.6 Å². The highest BCUT2D eigenvalue weighted by molar-refractivity contribution is 7.90. The summed E-state index contributed by atoms with van der Waals surface area (Å²) in [5, 5.41) is 54.6. The quantitative estimate of drug-likeness (QED) is 0.0938. The lowest BCUT2D eigenvalue weighted by atomic mass is 10.2. The van der Waals surface area contributed by atoms with E-state index in [1.54, 1.807) is 24.3 Å². The second kappa shape index (κ2) is 23.6. The van der Waals surface area contributed by atoms with Crippen molar-refractivity contribution in [2.45, 2.75) is 73.1 Å². The first-order valence-corrected chi connectivity index (χ1v) is 24.5. The lowest BCUT2D eigenvalue weighted by molar-refractivity contribution is 0.171. The number of pyridine rings is 4. The van der Waals surface area contributed by atoms with Crippen molar-refractivity contribution < 1.29 is 54.1 Å². The van der Waals surface area contributed by atoms with E-state index in [0.717, 1.165) is 0 Å². The zero-order valence-electron chi connectivity index (χ0n) is 31.8. The molecule has 12 N–H and O–H groups in total. The van der Waals surface area contributed by atoms with Crippen molar-refractivity contribution in [3.8, 4) is 0 Å². The smallest absolute Gasteiger partial charge is 0.214 e. The van der Waals surface area contributed by atoms with E-state index >= 15 is 0 Å². The van der Waals surface area contributed by atoms with Gasteiger partial charge in [0.25, 0.3) is 0 Å². The SMILES string of the molecule is C[C@@H]([C@@H](O)c1cccc(Cl)n1)S(N)(=O)=O.C[C@@H]([C@H](O)c1cccc(Cl)n1)S(N)(=O)=O.C[C@H]([C@@H](O)c1cccc(Cl)n1)S(N)(=O)=O.C[C@H]([C@H](O)c1cccc(Cl)n1)S(N)(=O)=O. The predicted octanol–water partition coefficient (Wildman–Crippen LogP) is 1.78. The molecule has 0 radical (unpaired) electrons. The molecule has 4 rings (SSSR count). The number of primary sulfonamides is 4. The molecule has 4 aromatic heterocycles. The second-order valence-electron chi connectivity index (χ2n) is 12.5. The van der Waals surface area contributed by atoms with Crippen molar-refractivity contribution >= 4 is 86.5 Å². The number of hydrogen-bond donors (Lipinski definition) is 8. The molecule has 0 aliphatic rings. The number of nitrogens with two attached hydrogens (primary N) is 4. The van der Waals surface area contributed by atoms with Crippen LogP contribution in [0.4, 0.5) is 0 Å². The maximum absolute atomic E-state index is 11.0. The number of halogens is 4. The van der Waals surface area contributed by atoms with Crippen molar-refractivity contribution in [1.29, 1.82) is 0 Å². The van der Waals surface area contributed by atoms with Crippen LogP contribution in [-0.2, 0) is 40.1 Å². The summed E-state index contributed by atoms with van der Waals surface area (Å²) in [5.41, 5.74) is 0.737. The molecule has 8 atom stereocenters. The maximum atomic E-state index is 11.0. The molecule has 0 amide bonds. The van der Waals surface area contributed by atoms with Gasteiger partial charge in [0, 0.05) is 0 Å². The fraction of sp³-hybridized carbons (Fsp3) is 0.375. The van der Waals surface area contributed by atoms with Gasteiger partial charge in [0.15, 0.2) is 0 Å². The van der Waals surface area contributed by atoms with Gasteiger partial charge in [0.05, 0.1) is 22.8 Å². The van der Waals surface area contributed by atoms with Crippen molar-refractivity contribution in [3.05, 3.63) is 116 Å². The molecule has 0 aliphatic carbocycles. The van der Waals surface area contributed by atoms with Crippen LogP contribution in [-0.4, -0.2) is 95.0 Å². The van der Waals surface area contributed by atoms with Gasteiger partial charge in [-0.15, -0.1) is 0 Å².